The molecule has 2 amide bonds. The van der Waals surface area contributed by atoms with Crippen molar-refractivity contribution in [2.24, 2.45) is 11.3 Å². The number of ether oxygens (including phenoxy) is 1. The summed E-state index contributed by atoms with van der Waals surface area (Å²) in [7, 11) is 0. The lowest BCUT2D eigenvalue weighted by molar-refractivity contribution is -0.142. The number of carboxylic acids is 1. The number of rotatable bonds is 9. The Bertz CT molecular complexity index is 1030. The van der Waals surface area contributed by atoms with Crippen molar-refractivity contribution in [3.8, 4) is 11.1 Å². The van der Waals surface area contributed by atoms with Crippen molar-refractivity contribution in [1.82, 2.24) is 10.6 Å². The lowest BCUT2D eigenvalue weighted by atomic mass is 9.66. The number of hydrogen-bond donors (Lipinski definition) is 3. The van der Waals surface area contributed by atoms with Crippen LogP contribution in [0, 0.1) is 11.3 Å². The summed E-state index contributed by atoms with van der Waals surface area (Å²) >= 11 is 0. The molecule has 7 heteroatoms. The van der Waals surface area contributed by atoms with Crippen LogP contribution in [-0.4, -0.2) is 42.3 Å². The van der Waals surface area contributed by atoms with Crippen LogP contribution in [0.4, 0.5) is 4.79 Å². The Kier molecular flexibility index (Phi) is 6.91. The highest BCUT2D eigenvalue weighted by molar-refractivity contribution is 5.81. The Hall–Kier alpha value is -3.35. The van der Waals surface area contributed by atoms with Crippen molar-refractivity contribution in [2.45, 2.75) is 51.5 Å². The van der Waals surface area contributed by atoms with Gasteiger partial charge >= 0.3 is 12.1 Å². The van der Waals surface area contributed by atoms with Gasteiger partial charge in [0.15, 0.2) is 0 Å². The molecule has 7 nitrogen and oxygen atoms in total. The number of amides is 2. The lowest BCUT2D eigenvalue weighted by Gasteiger charge is -2.41. The standard InChI is InChI=1S/C27H32N2O5/c1-17(25(32)28-16-27(12-7-13-27)14-24(30)31)18(2)29-26(33)34-15-23-21-10-5-3-8-19(21)20-9-4-6-11-22(20)23/h3-6,8-11,17-18,23H,7,12-16H2,1-2H3,(H,28,32)(H,29,33)(H,30,31). The zero-order valence-corrected chi connectivity index (χ0v) is 19.7. The molecule has 0 spiro atoms. The Balaban J connectivity index is 1.28. The number of benzene rings is 2. The van der Waals surface area contributed by atoms with Gasteiger partial charge < -0.3 is 20.5 Å². The van der Waals surface area contributed by atoms with E-state index in [0.29, 0.717) is 6.54 Å². The largest absolute Gasteiger partial charge is 0.481 e. The van der Waals surface area contributed by atoms with E-state index in [2.05, 4.69) is 34.9 Å². The number of fused-ring (bicyclic) bond motifs is 3. The zero-order chi connectivity index (χ0) is 24.3. The molecule has 3 N–H and O–H groups in total. The van der Waals surface area contributed by atoms with Gasteiger partial charge in [0.2, 0.25) is 5.91 Å². The van der Waals surface area contributed by atoms with Gasteiger partial charge in [-0.15, -0.1) is 0 Å². The smallest absolute Gasteiger partial charge is 0.407 e. The number of carbonyl (C=O) groups excluding carboxylic acids is 2. The van der Waals surface area contributed by atoms with Crippen LogP contribution in [0.2, 0.25) is 0 Å². The Morgan fingerprint density at radius 1 is 1.03 bits per heavy atom. The number of aliphatic carboxylic acids is 1. The van der Waals surface area contributed by atoms with Gasteiger partial charge in [0.25, 0.3) is 0 Å². The summed E-state index contributed by atoms with van der Waals surface area (Å²) < 4.78 is 5.58. The molecule has 4 rings (SSSR count). The number of carboxylic acid groups (broad SMARTS) is 1. The van der Waals surface area contributed by atoms with Crippen molar-refractivity contribution in [3.05, 3.63) is 59.7 Å². The molecule has 2 aromatic rings. The molecule has 0 radical (unpaired) electrons. The number of carbonyl (C=O) groups is 3. The van der Waals surface area contributed by atoms with E-state index in [1.807, 2.05) is 24.3 Å². The summed E-state index contributed by atoms with van der Waals surface area (Å²) in [5.41, 5.74) is 4.27. The minimum atomic E-state index is -0.840. The summed E-state index contributed by atoms with van der Waals surface area (Å²) in [5, 5.41) is 14.8. The molecule has 2 unspecified atom stereocenters. The molecule has 2 aromatic carbocycles. The van der Waals surface area contributed by atoms with Crippen molar-refractivity contribution in [1.29, 1.82) is 0 Å². The van der Waals surface area contributed by atoms with Crippen molar-refractivity contribution >= 4 is 18.0 Å². The zero-order valence-electron chi connectivity index (χ0n) is 19.7. The van der Waals surface area contributed by atoms with E-state index in [4.69, 9.17) is 9.84 Å². The lowest BCUT2D eigenvalue weighted by Crippen LogP contribution is -2.48. The first-order chi connectivity index (χ1) is 16.3. The van der Waals surface area contributed by atoms with E-state index in [1.165, 1.54) is 0 Å². The topological polar surface area (TPSA) is 105 Å². The van der Waals surface area contributed by atoms with Gasteiger partial charge in [-0.1, -0.05) is 61.9 Å². The maximum absolute atomic E-state index is 12.6. The minimum absolute atomic E-state index is 0.0259. The molecule has 0 aliphatic heterocycles. The van der Waals surface area contributed by atoms with Crippen LogP contribution in [-0.2, 0) is 14.3 Å². The van der Waals surface area contributed by atoms with Gasteiger partial charge in [0, 0.05) is 18.5 Å². The molecule has 2 aliphatic rings. The molecule has 180 valence electrons. The Labute approximate surface area is 199 Å². The first kappa shape index (κ1) is 23.8. The number of alkyl carbamates (subject to hydrolysis) is 1. The molecule has 34 heavy (non-hydrogen) atoms. The van der Waals surface area contributed by atoms with E-state index in [0.717, 1.165) is 41.5 Å². The van der Waals surface area contributed by atoms with Gasteiger partial charge in [-0.2, -0.15) is 0 Å². The van der Waals surface area contributed by atoms with Crippen LogP contribution >= 0.6 is 0 Å². The van der Waals surface area contributed by atoms with E-state index >= 15 is 0 Å². The van der Waals surface area contributed by atoms with Gasteiger partial charge in [0.05, 0.1) is 12.3 Å². The van der Waals surface area contributed by atoms with Crippen LogP contribution < -0.4 is 10.6 Å². The quantitative estimate of drug-likeness (QED) is 0.513. The predicted molar refractivity (Wildman–Crippen MR) is 128 cm³/mol. The summed E-state index contributed by atoms with van der Waals surface area (Å²) in [6, 6.07) is 15.9. The summed E-state index contributed by atoms with van der Waals surface area (Å²) in [5.74, 6) is -1.56. The van der Waals surface area contributed by atoms with Crippen LogP contribution in [0.15, 0.2) is 48.5 Å². The molecule has 2 aliphatic carbocycles. The van der Waals surface area contributed by atoms with Crippen molar-refractivity contribution < 1.29 is 24.2 Å². The maximum Gasteiger partial charge on any atom is 0.407 e. The van der Waals surface area contributed by atoms with Gasteiger partial charge in [-0.25, -0.2) is 4.79 Å². The highest BCUT2D eigenvalue weighted by atomic mass is 16.5. The van der Waals surface area contributed by atoms with Gasteiger partial charge in [-0.3, -0.25) is 9.59 Å². The molecule has 1 saturated carbocycles. The van der Waals surface area contributed by atoms with Crippen LogP contribution in [0.25, 0.3) is 11.1 Å². The third-order valence-electron chi connectivity index (χ3n) is 7.43. The molecule has 1 fully saturated rings. The SMILES string of the molecule is CC(NC(=O)OCC1c2ccccc2-c2ccccc21)C(C)C(=O)NCC1(CC(=O)O)CCC1. The third-order valence-corrected chi connectivity index (χ3v) is 7.43. The van der Waals surface area contributed by atoms with E-state index < -0.39 is 24.0 Å². The van der Waals surface area contributed by atoms with E-state index in [9.17, 15) is 14.4 Å². The van der Waals surface area contributed by atoms with E-state index in [1.54, 1.807) is 13.8 Å². The molecular formula is C27H32N2O5. The first-order valence-corrected chi connectivity index (χ1v) is 11.9. The summed E-state index contributed by atoms with van der Waals surface area (Å²) in [6.07, 6.45) is 2.10. The van der Waals surface area contributed by atoms with Crippen molar-refractivity contribution in [2.75, 3.05) is 13.2 Å². The van der Waals surface area contributed by atoms with Gasteiger partial charge in [-0.05, 0) is 47.4 Å². The summed E-state index contributed by atoms with van der Waals surface area (Å²) in [4.78, 5) is 36.3. The molecule has 0 saturated heterocycles. The van der Waals surface area contributed by atoms with Crippen LogP contribution in [0.5, 0.6) is 0 Å². The molecular weight excluding hydrogens is 432 g/mol. The predicted octanol–water partition coefficient (Wildman–Crippen LogP) is 4.31. The third kappa shape index (κ3) is 4.93. The average Bonchev–Trinajstić information content (AvgIpc) is 3.12. The maximum atomic E-state index is 12.6. The Morgan fingerprint density at radius 3 is 2.15 bits per heavy atom. The molecule has 0 heterocycles. The fourth-order valence-electron chi connectivity index (χ4n) is 5.03. The minimum Gasteiger partial charge on any atom is -0.481 e. The van der Waals surface area contributed by atoms with E-state index in [-0.39, 0.29) is 30.3 Å². The highest BCUT2D eigenvalue weighted by Crippen LogP contribution is 2.45. The van der Waals surface area contributed by atoms with Gasteiger partial charge in [0.1, 0.15) is 6.61 Å². The second-order valence-electron chi connectivity index (χ2n) is 9.69. The molecule has 0 bridgehead atoms. The fraction of sp³-hybridized carbons (Fsp3) is 0.444. The fourth-order valence-corrected chi connectivity index (χ4v) is 5.03. The average molecular weight is 465 g/mol. The number of hydrogen-bond acceptors (Lipinski definition) is 4. The normalized spacial score (nSPS) is 17.5. The summed E-state index contributed by atoms with van der Waals surface area (Å²) in [6.45, 7) is 4.07. The van der Waals surface area contributed by atoms with Crippen LogP contribution in [0.3, 0.4) is 0 Å². The second kappa shape index (κ2) is 9.87. The Morgan fingerprint density at radius 2 is 1.62 bits per heavy atom. The second-order valence-corrected chi connectivity index (χ2v) is 9.69. The molecule has 0 aromatic heterocycles. The molecule has 2 atom stereocenters. The first-order valence-electron chi connectivity index (χ1n) is 11.9. The van der Waals surface area contributed by atoms with Crippen LogP contribution in [0.1, 0.15) is 56.6 Å². The monoisotopic (exact) mass is 464 g/mol. The number of nitrogens with one attached hydrogen (secondary N) is 2. The highest BCUT2D eigenvalue weighted by Gasteiger charge is 2.39. The van der Waals surface area contributed by atoms with Crippen molar-refractivity contribution in [3.63, 3.8) is 0 Å².